The summed E-state index contributed by atoms with van der Waals surface area (Å²) in [4.78, 5) is 33.2. The summed E-state index contributed by atoms with van der Waals surface area (Å²) in [5, 5.41) is 28.7. The average Bonchev–Trinajstić information content (AvgIpc) is 3.89. The second-order valence-electron chi connectivity index (χ2n) is 12.9. The maximum absolute atomic E-state index is 14.2. The van der Waals surface area contributed by atoms with Crippen LogP contribution >= 0.6 is 0 Å². The van der Waals surface area contributed by atoms with Crippen LogP contribution in [0.5, 0.6) is 0 Å². The van der Waals surface area contributed by atoms with Crippen molar-refractivity contribution in [1.29, 1.82) is 5.26 Å². The van der Waals surface area contributed by atoms with Gasteiger partial charge in [-0.2, -0.15) is 5.26 Å². The summed E-state index contributed by atoms with van der Waals surface area (Å²) in [5.74, 6) is -1.17. The van der Waals surface area contributed by atoms with Gasteiger partial charge in [0, 0.05) is 37.1 Å². The van der Waals surface area contributed by atoms with Gasteiger partial charge >= 0.3 is 5.97 Å². The van der Waals surface area contributed by atoms with E-state index in [0.717, 1.165) is 39.1 Å². The number of carboxylic acid groups (broad SMARTS) is 1. The summed E-state index contributed by atoms with van der Waals surface area (Å²) in [5.41, 5.74) is 8.60. The highest BCUT2D eigenvalue weighted by Gasteiger charge is 2.30. The number of halogens is 2. The van der Waals surface area contributed by atoms with E-state index >= 15 is 0 Å². The average molecular weight is 688 g/mol. The number of alkyl halides is 2. The number of likely N-dealkylation sites (tertiary alicyclic amines) is 1. The third-order valence-corrected chi connectivity index (χ3v) is 9.80. The molecule has 51 heavy (non-hydrogen) atoms. The largest absolute Gasteiger partial charge is 0.481 e. The number of aliphatic carboxylic acids is 1. The van der Waals surface area contributed by atoms with Crippen molar-refractivity contribution in [2.24, 2.45) is 5.92 Å². The zero-order valence-corrected chi connectivity index (χ0v) is 27.5. The summed E-state index contributed by atoms with van der Waals surface area (Å²) in [6, 6.07) is 18.9. The molecule has 0 spiro atoms. The van der Waals surface area contributed by atoms with Crippen molar-refractivity contribution in [2.45, 2.75) is 39.3 Å². The maximum atomic E-state index is 14.2. The zero-order chi connectivity index (χ0) is 35.4. The fourth-order valence-corrected chi connectivity index (χ4v) is 7.32. The number of nitriles is 1. The van der Waals surface area contributed by atoms with Crippen LogP contribution in [0.1, 0.15) is 46.5 Å². The number of hydrogen-bond acceptors (Lipinski definition) is 10. The van der Waals surface area contributed by atoms with E-state index in [2.05, 4.69) is 26.0 Å². The molecule has 0 unspecified atom stereocenters. The van der Waals surface area contributed by atoms with Gasteiger partial charge in [0.1, 0.15) is 17.1 Å². The first-order valence-corrected chi connectivity index (χ1v) is 16.6. The van der Waals surface area contributed by atoms with Crippen LogP contribution in [0.2, 0.25) is 0 Å². The first-order valence-electron chi connectivity index (χ1n) is 16.6. The molecule has 2 N–H and O–H groups in total. The van der Waals surface area contributed by atoms with E-state index in [-0.39, 0.29) is 6.61 Å². The molecule has 1 fully saturated rings. The molecule has 0 aliphatic carbocycles. The van der Waals surface area contributed by atoms with Gasteiger partial charge in [-0.1, -0.05) is 24.3 Å². The molecule has 2 aliphatic heterocycles. The molecule has 13 heteroatoms. The molecule has 256 valence electrons. The normalized spacial score (nSPS) is 16.0. The van der Waals surface area contributed by atoms with Crippen LogP contribution in [-0.4, -0.2) is 60.7 Å². The van der Waals surface area contributed by atoms with E-state index in [9.17, 15) is 29.1 Å². The van der Waals surface area contributed by atoms with E-state index in [1.807, 2.05) is 53.1 Å². The second kappa shape index (κ2) is 12.8. The molecule has 8 rings (SSSR count). The van der Waals surface area contributed by atoms with Crippen LogP contribution in [0.15, 0.2) is 65.2 Å². The van der Waals surface area contributed by atoms with Crippen molar-refractivity contribution < 1.29 is 28.2 Å². The smallest absolute Gasteiger partial charge is 0.307 e. The molecule has 11 nitrogen and oxygen atoms in total. The number of aromatic nitrogens is 4. The van der Waals surface area contributed by atoms with Gasteiger partial charge in [0.25, 0.3) is 6.43 Å². The van der Waals surface area contributed by atoms with Gasteiger partial charge in [-0.25, -0.2) is 23.7 Å². The topological polar surface area (TPSA) is 152 Å². The minimum absolute atomic E-state index is 0.224. The van der Waals surface area contributed by atoms with Gasteiger partial charge in [-0.3, -0.25) is 14.7 Å². The van der Waals surface area contributed by atoms with Crippen molar-refractivity contribution in [3.05, 3.63) is 94.4 Å². The third kappa shape index (κ3) is 5.72. The molecule has 5 heterocycles. The summed E-state index contributed by atoms with van der Waals surface area (Å²) in [6.45, 7) is 3.73. The Kier molecular flexibility index (Phi) is 8.13. The Bertz CT molecular complexity index is 2410. The van der Waals surface area contributed by atoms with Crippen molar-refractivity contribution >= 4 is 39.6 Å². The highest BCUT2D eigenvalue weighted by atomic mass is 19.3. The maximum Gasteiger partial charge on any atom is 0.307 e. The number of nitrogens with zero attached hydrogens (tertiary/aromatic N) is 7. The van der Waals surface area contributed by atoms with Gasteiger partial charge in [0.05, 0.1) is 23.6 Å². The molecule has 1 atom stereocenters. The molecule has 3 aromatic carbocycles. The molecule has 2 aliphatic rings. The van der Waals surface area contributed by atoms with Crippen LogP contribution in [-0.2, 0) is 24.4 Å². The highest BCUT2D eigenvalue weighted by molar-refractivity contribution is 5.92. The van der Waals surface area contributed by atoms with Gasteiger partial charge in [-0.05, 0) is 90.0 Å². The fourth-order valence-electron chi connectivity index (χ4n) is 7.32. The number of anilines is 2. The summed E-state index contributed by atoms with van der Waals surface area (Å²) in [6.07, 6.45) is -0.0215. The molecule has 0 radical (unpaired) electrons. The number of carbonyl (C=O) groups is 1. The Morgan fingerprint density at radius 3 is 2.59 bits per heavy atom. The molecular formula is C38H31F2N7O4. The van der Waals surface area contributed by atoms with Crippen LogP contribution in [0.3, 0.4) is 0 Å². The Morgan fingerprint density at radius 2 is 1.82 bits per heavy atom. The van der Waals surface area contributed by atoms with Crippen LogP contribution in [0, 0.1) is 24.2 Å². The molecule has 6 aromatic rings. The number of rotatable bonds is 8. The zero-order valence-electron chi connectivity index (χ0n) is 27.5. The SMILES string of the molecule is Cc1c(-c2nc3cc(CO)cc(C#N)c3o2)cccc1-c1cccc2c1CCN2c1nc(C(F)F)nc2cc(CN3CC[C@@H](C(=O)O)C3)cnc12. The monoisotopic (exact) mass is 687 g/mol. The summed E-state index contributed by atoms with van der Waals surface area (Å²) in [7, 11) is 0. The third-order valence-electron chi connectivity index (χ3n) is 9.80. The second-order valence-corrected chi connectivity index (χ2v) is 12.9. The number of hydrogen-bond donors (Lipinski definition) is 2. The minimum Gasteiger partial charge on any atom is -0.481 e. The Balaban J connectivity index is 1.16. The Morgan fingerprint density at radius 1 is 1.04 bits per heavy atom. The van der Waals surface area contributed by atoms with Gasteiger partial charge in [0.2, 0.25) is 5.89 Å². The molecular weight excluding hydrogens is 656 g/mol. The first kappa shape index (κ1) is 32.4. The summed E-state index contributed by atoms with van der Waals surface area (Å²) >= 11 is 0. The Hall–Kier alpha value is -5.84. The fraction of sp³-hybridized carbons (Fsp3) is 0.263. The van der Waals surface area contributed by atoms with E-state index < -0.39 is 24.1 Å². The van der Waals surface area contributed by atoms with Crippen molar-refractivity contribution in [3.8, 4) is 28.7 Å². The van der Waals surface area contributed by atoms with E-state index in [1.165, 1.54) is 0 Å². The molecule has 0 amide bonds. The lowest BCUT2D eigenvalue weighted by Crippen LogP contribution is -2.23. The first-order chi connectivity index (χ1) is 24.7. The quantitative estimate of drug-likeness (QED) is 0.176. The van der Waals surface area contributed by atoms with Gasteiger partial charge in [-0.15, -0.1) is 0 Å². The molecule has 0 saturated carbocycles. The minimum atomic E-state index is -2.89. The highest BCUT2D eigenvalue weighted by Crippen LogP contribution is 2.43. The number of aliphatic hydroxyl groups is 1. The van der Waals surface area contributed by atoms with E-state index in [4.69, 9.17) is 4.42 Å². The summed E-state index contributed by atoms with van der Waals surface area (Å²) < 4.78 is 34.5. The van der Waals surface area contributed by atoms with Crippen molar-refractivity contribution in [3.63, 3.8) is 0 Å². The van der Waals surface area contributed by atoms with Gasteiger partial charge in [0.15, 0.2) is 17.2 Å². The molecule has 1 saturated heterocycles. The van der Waals surface area contributed by atoms with Crippen LogP contribution in [0.4, 0.5) is 20.3 Å². The van der Waals surface area contributed by atoms with Crippen LogP contribution in [0.25, 0.3) is 44.7 Å². The standard InChI is InChI=1S/C38H31F2N7O4/c1-20-25(4-2-5-26(20)37-44-30-13-21(19-48)12-24(15-41)33(30)51-37)27-6-3-7-31-28(27)9-11-47(31)36-32-29(43-35(45-36)34(39)40)14-22(16-42-32)17-46-10-8-23(18-46)38(49)50/h2-7,12-14,16,23,34,48H,8-11,17-19H2,1H3,(H,49,50)/t23-/m1/s1. The number of carboxylic acids is 1. The van der Waals surface area contributed by atoms with Crippen molar-refractivity contribution in [2.75, 3.05) is 24.5 Å². The van der Waals surface area contributed by atoms with E-state index in [1.54, 1.807) is 24.4 Å². The number of oxazole rings is 1. The van der Waals surface area contributed by atoms with E-state index in [0.29, 0.717) is 84.0 Å². The molecule has 0 bridgehead atoms. The lowest BCUT2D eigenvalue weighted by Gasteiger charge is -2.21. The molecule has 3 aromatic heterocycles. The van der Waals surface area contributed by atoms with Gasteiger partial charge < -0.3 is 19.5 Å². The Labute approximate surface area is 290 Å². The number of fused-ring (bicyclic) bond motifs is 3. The lowest BCUT2D eigenvalue weighted by molar-refractivity contribution is -0.141. The number of pyridine rings is 1. The van der Waals surface area contributed by atoms with Crippen LogP contribution < -0.4 is 4.90 Å². The number of benzene rings is 3. The predicted octanol–water partition coefficient (Wildman–Crippen LogP) is 6.71. The predicted molar refractivity (Wildman–Crippen MR) is 184 cm³/mol. The van der Waals surface area contributed by atoms with Crippen molar-refractivity contribution in [1.82, 2.24) is 24.8 Å². The lowest BCUT2D eigenvalue weighted by atomic mass is 9.92. The number of aliphatic hydroxyl groups excluding tert-OH is 1.